The number of hydrogen-bond acceptors (Lipinski definition) is 1. The lowest BCUT2D eigenvalue weighted by Gasteiger charge is -2.25. The second-order valence-electron chi connectivity index (χ2n) is 3.85. The Balaban J connectivity index is 3.72. The third-order valence-electron chi connectivity index (χ3n) is 3.06. The van der Waals surface area contributed by atoms with Crippen molar-refractivity contribution in [2.24, 2.45) is 5.92 Å². The highest BCUT2D eigenvalue weighted by molar-refractivity contribution is 6.34. The minimum Gasteiger partial charge on any atom is -0.329 e. The van der Waals surface area contributed by atoms with Gasteiger partial charge in [0.25, 0.3) is 0 Å². The molecule has 0 aromatic rings. The van der Waals surface area contributed by atoms with Gasteiger partial charge in [-0.3, -0.25) is 0 Å². The standard InChI is InChI=1S/C10H25NSi/c1-6-9(4)10(5)12-11(7-2)8-3/h9-10H,6-8,12H2,1-5H3. The van der Waals surface area contributed by atoms with Gasteiger partial charge in [-0.05, 0) is 24.5 Å². The van der Waals surface area contributed by atoms with Gasteiger partial charge in [0.05, 0.1) is 9.68 Å². The quantitative estimate of drug-likeness (QED) is 0.577. The smallest absolute Gasteiger partial charge is 0.0980 e. The van der Waals surface area contributed by atoms with Crippen molar-refractivity contribution >= 4 is 9.68 Å². The summed E-state index contributed by atoms with van der Waals surface area (Å²) in [6.45, 7) is 14.2. The van der Waals surface area contributed by atoms with Crippen LogP contribution in [0.2, 0.25) is 5.54 Å². The van der Waals surface area contributed by atoms with Crippen molar-refractivity contribution in [1.29, 1.82) is 0 Å². The second-order valence-corrected chi connectivity index (χ2v) is 6.40. The lowest BCUT2D eigenvalue weighted by atomic mass is 10.1. The van der Waals surface area contributed by atoms with Crippen LogP contribution in [0.25, 0.3) is 0 Å². The zero-order chi connectivity index (χ0) is 9.56. The molecule has 0 heterocycles. The van der Waals surface area contributed by atoms with Crippen LogP contribution in [0.4, 0.5) is 0 Å². The number of hydrogen-bond donors (Lipinski definition) is 0. The van der Waals surface area contributed by atoms with E-state index < -0.39 is 0 Å². The summed E-state index contributed by atoms with van der Waals surface area (Å²) in [5.41, 5.74) is 0.981. The molecule has 2 unspecified atom stereocenters. The molecular formula is C10H25NSi. The van der Waals surface area contributed by atoms with Gasteiger partial charge in [0.2, 0.25) is 0 Å². The van der Waals surface area contributed by atoms with Gasteiger partial charge < -0.3 is 4.57 Å². The largest absolute Gasteiger partial charge is 0.329 e. The molecule has 2 atom stereocenters. The molecule has 0 saturated carbocycles. The molecule has 0 aromatic heterocycles. The Morgan fingerprint density at radius 1 is 1.08 bits per heavy atom. The molecule has 0 aliphatic carbocycles. The number of nitrogens with zero attached hydrogens (tertiary/aromatic N) is 1. The molecule has 0 aliphatic heterocycles. The Bertz CT molecular complexity index is 102. The Morgan fingerprint density at radius 3 is 1.92 bits per heavy atom. The summed E-state index contributed by atoms with van der Waals surface area (Å²) < 4.78 is 2.65. The van der Waals surface area contributed by atoms with Crippen LogP contribution in [0.1, 0.15) is 41.0 Å². The van der Waals surface area contributed by atoms with Gasteiger partial charge in [-0.2, -0.15) is 0 Å². The molecule has 0 aromatic carbocycles. The first kappa shape index (κ1) is 12.2. The van der Waals surface area contributed by atoms with Crippen molar-refractivity contribution in [2.45, 2.75) is 46.6 Å². The molecule has 12 heavy (non-hydrogen) atoms. The van der Waals surface area contributed by atoms with E-state index in [4.69, 9.17) is 0 Å². The van der Waals surface area contributed by atoms with E-state index in [1.165, 1.54) is 19.5 Å². The van der Waals surface area contributed by atoms with Crippen LogP contribution in [0, 0.1) is 5.92 Å². The summed E-state index contributed by atoms with van der Waals surface area (Å²) in [4.78, 5) is 0. The topological polar surface area (TPSA) is 3.24 Å². The van der Waals surface area contributed by atoms with E-state index in [1.54, 1.807) is 0 Å². The fourth-order valence-corrected chi connectivity index (χ4v) is 3.50. The van der Waals surface area contributed by atoms with Crippen LogP contribution in [-0.2, 0) is 0 Å². The Hall–Kier alpha value is 0.177. The van der Waals surface area contributed by atoms with Crippen LogP contribution in [0.3, 0.4) is 0 Å². The average Bonchev–Trinajstić information content (AvgIpc) is 2.12. The molecule has 1 nitrogen and oxygen atoms in total. The maximum absolute atomic E-state index is 2.65. The Kier molecular flexibility index (Phi) is 6.77. The van der Waals surface area contributed by atoms with Crippen molar-refractivity contribution < 1.29 is 0 Å². The van der Waals surface area contributed by atoms with Gasteiger partial charge in [-0.25, -0.2) is 0 Å². The summed E-state index contributed by atoms with van der Waals surface area (Å²) in [6, 6.07) is 0. The Morgan fingerprint density at radius 2 is 1.58 bits per heavy atom. The predicted molar refractivity (Wildman–Crippen MR) is 60.3 cm³/mol. The summed E-state index contributed by atoms with van der Waals surface area (Å²) in [6.07, 6.45) is 1.34. The number of rotatable bonds is 6. The first-order valence-electron chi connectivity index (χ1n) is 5.37. The van der Waals surface area contributed by atoms with Gasteiger partial charge in [-0.15, -0.1) is 0 Å². The molecule has 0 N–H and O–H groups in total. The fraction of sp³-hybridized carbons (Fsp3) is 1.00. The van der Waals surface area contributed by atoms with Crippen LogP contribution in [-0.4, -0.2) is 27.3 Å². The van der Waals surface area contributed by atoms with E-state index in [2.05, 4.69) is 39.2 Å². The van der Waals surface area contributed by atoms with Crippen molar-refractivity contribution in [3.05, 3.63) is 0 Å². The Labute approximate surface area is 80.4 Å². The second kappa shape index (κ2) is 6.67. The normalized spacial score (nSPS) is 17.5. The minimum absolute atomic E-state index is 0.0245. The summed E-state index contributed by atoms with van der Waals surface area (Å²) >= 11 is 0. The lowest BCUT2D eigenvalue weighted by molar-refractivity contribution is 0.455. The maximum Gasteiger partial charge on any atom is 0.0980 e. The van der Waals surface area contributed by atoms with Crippen molar-refractivity contribution in [1.82, 2.24) is 4.57 Å². The molecule has 0 saturated heterocycles. The van der Waals surface area contributed by atoms with E-state index in [9.17, 15) is 0 Å². The maximum atomic E-state index is 2.65. The molecular weight excluding hydrogens is 162 g/mol. The monoisotopic (exact) mass is 187 g/mol. The van der Waals surface area contributed by atoms with Crippen molar-refractivity contribution in [2.75, 3.05) is 13.1 Å². The van der Waals surface area contributed by atoms with Crippen LogP contribution < -0.4 is 0 Å². The molecule has 0 spiro atoms. The van der Waals surface area contributed by atoms with Gasteiger partial charge in [0.1, 0.15) is 0 Å². The van der Waals surface area contributed by atoms with Crippen molar-refractivity contribution in [3.8, 4) is 0 Å². The van der Waals surface area contributed by atoms with Gasteiger partial charge in [-0.1, -0.05) is 41.0 Å². The molecule has 0 aliphatic rings. The van der Waals surface area contributed by atoms with E-state index in [0.29, 0.717) is 0 Å². The third-order valence-corrected chi connectivity index (χ3v) is 5.85. The van der Waals surface area contributed by atoms with Crippen molar-refractivity contribution in [3.63, 3.8) is 0 Å². The molecule has 0 rings (SSSR count). The average molecular weight is 187 g/mol. The lowest BCUT2D eigenvalue weighted by Crippen LogP contribution is -2.31. The third kappa shape index (κ3) is 4.26. The predicted octanol–water partition coefficient (Wildman–Crippen LogP) is 2.27. The molecule has 0 bridgehead atoms. The van der Waals surface area contributed by atoms with E-state index in [-0.39, 0.29) is 9.68 Å². The van der Waals surface area contributed by atoms with Crippen LogP contribution in [0.15, 0.2) is 0 Å². The summed E-state index contributed by atoms with van der Waals surface area (Å²) in [5.74, 6) is 0.928. The summed E-state index contributed by atoms with van der Waals surface area (Å²) in [7, 11) is 0.0245. The SMILES string of the molecule is CCC(C)C(C)[SiH2]N(CC)CC. The molecule has 0 fully saturated rings. The zero-order valence-corrected chi connectivity index (χ0v) is 10.8. The van der Waals surface area contributed by atoms with E-state index >= 15 is 0 Å². The molecule has 0 amide bonds. The van der Waals surface area contributed by atoms with Crippen LogP contribution in [0.5, 0.6) is 0 Å². The van der Waals surface area contributed by atoms with Gasteiger partial charge in [0, 0.05) is 0 Å². The highest BCUT2D eigenvalue weighted by Crippen LogP contribution is 2.19. The van der Waals surface area contributed by atoms with E-state index in [1.807, 2.05) is 0 Å². The first-order valence-corrected chi connectivity index (χ1v) is 6.82. The zero-order valence-electron chi connectivity index (χ0n) is 9.43. The molecule has 0 radical (unpaired) electrons. The molecule has 2 heteroatoms. The highest BCUT2D eigenvalue weighted by atomic mass is 28.2. The minimum atomic E-state index is 0.0245. The van der Waals surface area contributed by atoms with Gasteiger partial charge in [0.15, 0.2) is 0 Å². The highest BCUT2D eigenvalue weighted by Gasteiger charge is 2.13. The first-order chi connectivity index (χ1) is 5.65. The van der Waals surface area contributed by atoms with Gasteiger partial charge >= 0.3 is 0 Å². The van der Waals surface area contributed by atoms with E-state index in [0.717, 1.165) is 11.5 Å². The fourth-order valence-electron chi connectivity index (χ4n) is 1.47. The van der Waals surface area contributed by atoms with Crippen LogP contribution >= 0.6 is 0 Å². The summed E-state index contributed by atoms with van der Waals surface area (Å²) in [5, 5.41) is 0. The molecule has 74 valence electrons.